The highest BCUT2D eigenvalue weighted by atomic mass is 16.6. The van der Waals surface area contributed by atoms with Crippen LogP contribution >= 0.6 is 0 Å². The third kappa shape index (κ3) is 10.7. The van der Waals surface area contributed by atoms with Gasteiger partial charge in [0.1, 0.15) is 30.1 Å². The molecule has 0 heterocycles. The van der Waals surface area contributed by atoms with Crippen molar-refractivity contribution in [2.24, 2.45) is 0 Å². The van der Waals surface area contributed by atoms with E-state index in [1.54, 1.807) is 26.0 Å². The maximum absolute atomic E-state index is 13.2. The van der Waals surface area contributed by atoms with Gasteiger partial charge in [-0.2, -0.15) is 0 Å². The molecule has 0 spiro atoms. The SMILES string of the molecule is C=C(OCCOC(=O)/C(=C\C=C(c1ccccc1)c1ccccc1)C(=O)OCC)/C(=C\C=C(c1ccccc1)c1ccccc1)C(=O)OCC. The van der Waals surface area contributed by atoms with Gasteiger partial charge in [0, 0.05) is 0 Å². The Balaban J connectivity index is 1.51. The zero-order chi connectivity index (χ0) is 35.6. The smallest absolute Gasteiger partial charge is 0.345 e. The van der Waals surface area contributed by atoms with Crippen molar-refractivity contribution in [3.63, 3.8) is 0 Å². The number of rotatable bonds is 16. The summed E-state index contributed by atoms with van der Waals surface area (Å²) in [5.74, 6) is -2.27. The number of ether oxygens (including phenoxy) is 4. The Morgan fingerprint density at radius 3 is 1.16 bits per heavy atom. The molecule has 0 saturated heterocycles. The van der Waals surface area contributed by atoms with Gasteiger partial charge in [0.2, 0.25) is 0 Å². The van der Waals surface area contributed by atoms with Gasteiger partial charge in [-0.3, -0.25) is 0 Å². The minimum Gasteiger partial charge on any atom is -0.490 e. The maximum Gasteiger partial charge on any atom is 0.345 e. The summed E-state index contributed by atoms with van der Waals surface area (Å²) >= 11 is 0. The Bertz CT molecular complexity index is 1630. The molecular formula is C43H40O7. The van der Waals surface area contributed by atoms with Crippen molar-refractivity contribution >= 4 is 29.1 Å². The van der Waals surface area contributed by atoms with Gasteiger partial charge in [0.05, 0.1) is 13.2 Å². The third-order valence-corrected chi connectivity index (χ3v) is 7.28. The molecule has 0 aromatic heterocycles. The van der Waals surface area contributed by atoms with Crippen LogP contribution in [0.3, 0.4) is 0 Å². The van der Waals surface area contributed by atoms with Gasteiger partial charge >= 0.3 is 17.9 Å². The zero-order valence-corrected chi connectivity index (χ0v) is 28.2. The quantitative estimate of drug-likeness (QED) is 0.0174. The summed E-state index contributed by atoms with van der Waals surface area (Å²) in [5.41, 5.74) is 5.22. The predicted molar refractivity (Wildman–Crippen MR) is 195 cm³/mol. The van der Waals surface area contributed by atoms with Crippen LogP contribution < -0.4 is 0 Å². The highest BCUT2D eigenvalue weighted by molar-refractivity contribution is 6.14. The van der Waals surface area contributed by atoms with Crippen molar-refractivity contribution in [1.82, 2.24) is 0 Å². The maximum atomic E-state index is 13.2. The molecule has 0 bridgehead atoms. The summed E-state index contributed by atoms with van der Waals surface area (Å²) in [6.45, 7) is 7.17. The standard InChI is InChI=1S/C43H40O7/c1-4-47-41(44)37(26-27-38(33-18-10-6-11-19-33)34-20-12-7-13-21-34)32(3)49-30-31-50-43(46)40(42(45)48-5-2)29-28-39(35-22-14-8-15-23-35)36-24-16-9-17-25-36/h6-29H,3-5,30-31H2,1-2H3/b37-26+,40-29-. The molecule has 4 aromatic rings. The second-order valence-electron chi connectivity index (χ2n) is 10.6. The highest BCUT2D eigenvalue weighted by Crippen LogP contribution is 2.25. The van der Waals surface area contributed by atoms with Crippen LogP contribution in [-0.4, -0.2) is 44.3 Å². The van der Waals surface area contributed by atoms with Crippen molar-refractivity contribution in [2.45, 2.75) is 13.8 Å². The van der Waals surface area contributed by atoms with E-state index in [9.17, 15) is 14.4 Å². The number of benzene rings is 4. The summed E-state index contributed by atoms with van der Waals surface area (Å²) < 4.78 is 21.6. The average Bonchev–Trinajstić information content (AvgIpc) is 3.15. The molecule has 0 aliphatic carbocycles. The third-order valence-electron chi connectivity index (χ3n) is 7.28. The number of carbonyl (C=O) groups is 3. The summed E-state index contributed by atoms with van der Waals surface area (Å²) in [6, 6.07) is 38.8. The molecule has 254 valence electrons. The first-order valence-corrected chi connectivity index (χ1v) is 16.3. The van der Waals surface area contributed by atoms with Crippen LogP contribution in [0.2, 0.25) is 0 Å². The number of hydrogen-bond acceptors (Lipinski definition) is 7. The van der Waals surface area contributed by atoms with E-state index in [0.717, 1.165) is 33.4 Å². The normalized spacial score (nSPS) is 11.1. The van der Waals surface area contributed by atoms with E-state index in [-0.39, 0.29) is 43.3 Å². The second kappa shape index (κ2) is 19.6. The number of allylic oxidation sites excluding steroid dienone is 4. The fraction of sp³-hybridized carbons (Fsp3) is 0.140. The van der Waals surface area contributed by atoms with Crippen molar-refractivity contribution in [3.05, 3.63) is 191 Å². The number of carbonyl (C=O) groups excluding carboxylic acids is 3. The second-order valence-corrected chi connectivity index (χ2v) is 10.6. The zero-order valence-electron chi connectivity index (χ0n) is 28.2. The molecule has 0 fully saturated rings. The Kier molecular flexibility index (Phi) is 14.3. The van der Waals surface area contributed by atoms with E-state index in [4.69, 9.17) is 18.9 Å². The molecule has 0 aliphatic rings. The molecule has 4 aromatic carbocycles. The summed E-state index contributed by atoms with van der Waals surface area (Å²) in [7, 11) is 0. The van der Waals surface area contributed by atoms with Gasteiger partial charge in [0.25, 0.3) is 0 Å². The first-order chi connectivity index (χ1) is 24.4. The van der Waals surface area contributed by atoms with Gasteiger partial charge in [-0.1, -0.05) is 140 Å². The monoisotopic (exact) mass is 668 g/mol. The molecule has 0 N–H and O–H groups in total. The molecule has 50 heavy (non-hydrogen) atoms. The van der Waals surface area contributed by atoms with E-state index in [0.29, 0.717) is 0 Å². The van der Waals surface area contributed by atoms with Crippen LogP contribution in [0, 0.1) is 0 Å². The fourth-order valence-electron chi connectivity index (χ4n) is 4.89. The summed E-state index contributed by atoms with van der Waals surface area (Å²) in [4.78, 5) is 39.0. The molecule has 7 nitrogen and oxygen atoms in total. The highest BCUT2D eigenvalue weighted by Gasteiger charge is 2.22. The van der Waals surface area contributed by atoms with Gasteiger partial charge in [-0.15, -0.1) is 0 Å². The lowest BCUT2D eigenvalue weighted by Crippen LogP contribution is -2.20. The van der Waals surface area contributed by atoms with Gasteiger partial charge in [-0.25, -0.2) is 14.4 Å². The van der Waals surface area contributed by atoms with Crippen LogP contribution in [0.1, 0.15) is 36.1 Å². The first kappa shape index (κ1) is 36.6. The number of hydrogen-bond donors (Lipinski definition) is 0. The van der Waals surface area contributed by atoms with E-state index in [1.165, 1.54) is 6.08 Å². The Morgan fingerprint density at radius 2 is 0.780 bits per heavy atom. The molecule has 4 rings (SSSR count). The van der Waals surface area contributed by atoms with Crippen LogP contribution in [0.25, 0.3) is 11.1 Å². The molecular weight excluding hydrogens is 628 g/mol. The Morgan fingerprint density at radius 1 is 0.460 bits per heavy atom. The molecule has 0 saturated carbocycles. The largest absolute Gasteiger partial charge is 0.490 e. The molecule has 0 aliphatic heterocycles. The van der Waals surface area contributed by atoms with E-state index in [2.05, 4.69) is 6.58 Å². The molecule has 0 unspecified atom stereocenters. The minimum absolute atomic E-state index is 0.0377. The summed E-state index contributed by atoms with van der Waals surface area (Å²) in [5, 5.41) is 0. The molecule has 0 radical (unpaired) electrons. The molecule has 0 amide bonds. The Labute approximate surface area is 293 Å². The fourth-order valence-corrected chi connectivity index (χ4v) is 4.89. The lowest BCUT2D eigenvalue weighted by molar-refractivity contribution is -0.147. The Hall–Kier alpha value is -6.21. The minimum atomic E-state index is -0.881. The van der Waals surface area contributed by atoms with Crippen LogP contribution in [0.15, 0.2) is 169 Å². The topological polar surface area (TPSA) is 88.1 Å². The average molecular weight is 669 g/mol. The predicted octanol–water partition coefficient (Wildman–Crippen LogP) is 8.30. The lowest BCUT2D eigenvalue weighted by Gasteiger charge is -2.13. The van der Waals surface area contributed by atoms with Crippen LogP contribution in [0.4, 0.5) is 0 Å². The van der Waals surface area contributed by atoms with Crippen molar-refractivity contribution in [1.29, 1.82) is 0 Å². The molecule has 7 heteroatoms. The van der Waals surface area contributed by atoms with Crippen LogP contribution in [-0.2, 0) is 33.3 Å². The lowest BCUT2D eigenvalue weighted by atomic mass is 9.97. The van der Waals surface area contributed by atoms with Crippen molar-refractivity contribution in [2.75, 3.05) is 26.4 Å². The van der Waals surface area contributed by atoms with Gasteiger partial charge in [0.15, 0.2) is 0 Å². The first-order valence-electron chi connectivity index (χ1n) is 16.3. The van der Waals surface area contributed by atoms with Crippen molar-refractivity contribution < 1.29 is 33.3 Å². The molecule has 0 atom stereocenters. The summed E-state index contributed by atoms with van der Waals surface area (Å²) in [6.07, 6.45) is 6.52. The van der Waals surface area contributed by atoms with E-state index >= 15 is 0 Å². The van der Waals surface area contributed by atoms with E-state index < -0.39 is 17.9 Å². The van der Waals surface area contributed by atoms with E-state index in [1.807, 2.05) is 127 Å². The van der Waals surface area contributed by atoms with Crippen LogP contribution in [0.5, 0.6) is 0 Å². The number of esters is 3. The van der Waals surface area contributed by atoms with Gasteiger partial charge < -0.3 is 18.9 Å². The van der Waals surface area contributed by atoms with Crippen molar-refractivity contribution in [3.8, 4) is 0 Å². The van der Waals surface area contributed by atoms with Gasteiger partial charge in [-0.05, 0) is 59.4 Å².